The smallest absolute Gasteiger partial charge is 0.238 e. The summed E-state index contributed by atoms with van der Waals surface area (Å²) in [5.74, 6) is 1.39. The second-order valence-corrected chi connectivity index (χ2v) is 5.93. The largest absolute Gasteiger partial charge is 0.461 e. The van der Waals surface area contributed by atoms with Crippen LogP contribution in [0.15, 0.2) is 57.7 Å². The van der Waals surface area contributed by atoms with E-state index in [1.807, 2.05) is 35.2 Å². The van der Waals surface area contributed by atoms with Crippen LogP contribution in [0.3, 0.4) is 0 Å². The molecule has 0 saturated carbocycles. The molecule has 7 nitrogen and oxygen atoms in total. The number of nitrogens with two attached hydrogens (primary N) is 1. The van der Waals surface area contributed by atoms with E-state index in [0.717, 1.165) is 12.0 Å². The molecule has 3 aromatic rings. The van der Waals surface area contributed by atoms with Crippen molar-refractivity contribution in [1.82, 2.24) is 15.0 Å². The number of benzene rings is 1. The Bertz CT molecular complexity index is 799. The third-order valence-electron chi connectivity index (χ3n) is 3.96. The van der Waals surface area contributed by atoms with Crippen LogP contribution in [0.2, 0.25) is 0 Å². The maximum atomic E-state index is 12.6. The molecule has 2 N–H and O–H groups in total. The molecule has 1 amide bonds. The van der Waals surface area contributed by atoms with Gasteiger partial charge in [0.2, 0.25) is 17.6 Å². The van der Waals surface area contributed by atoms with Crippen LogP contribution in [0.25, 0.3) is 11.6 Å². The lowest BCUT2D eigenvalue weighted by molar-refractivity contribution is -0.131. The first-order valence-corrected chi connectivity index (χ1v) is 8.64. The van der Waals surface area contributed by atoms with E-state index in [4.69, 9.17) is 14.7 Å². The van der Waals surface area contributed by atoms with Gasteiger partial charge in [-0.1, -0.05) is 35.5 Å². The fourth-order valence-electron chi connectivity index (χ4n) is 2.61. The molecule has 0 aliphatic heterocycles. The highest BCUT2D eigenvalue weighted by Gasteiger charge is 2.16. The average molecular weight is 354 g/mol. The van der Waals surface area contributed by atoms with Crippen molar-refractivity contribution < 1.29 is 13.7 Å². The van der Waals surface area contributed by atoms with Gasteiger partial charge in [0.15, 0.2) is 5.76 Å². The standard InChI is InChI=1S/C19H22N4O3/c20-11-5-12-23(14-15-6-2-1-3-7-15)18(24)10-9-17-21-19(22-26-17)16-8-4-13-25-16/h1-4,6-8,13H,5,9-12,14,20H2. The van der Waals surface area contributed by atoms with E-state index < -0.39 is 0 Å². The van der Waals surface area contributed by atoms with Gasteiger partial charge in [-0.05, 0) is 30.7 Å². The quantitative estimate of drug-likeness (QED) is 0.634. The van der Waals surface area contributed by atoms with E-state index in [1.54, 1.807) is 18.4 Å². The summed E-state index contributed by atoms with van der Waals surface area (Å²) >= 11 is 0. The summed E-state index contributed by atoms with van der Waals surface area (Å²) in [6, 6.07) is 13.4. The van der Waals surface area contributed by atoms with Crippen LogP contribution >= 0.6 is 0 Å². The Kier molecular flexibility index (Phi) is 6.16. The summed E-state index contributed by atoms with van der Waals surface area (Å²) in [5.41, 5.74) is 6.70. The minimum absolute atomic E-state index is 0.0417. The number of carbonyl (C=O) groups excluding carboxylic acids is 1. The SMILES string of the molecule is NCCCN(Cc1ccccc1)C(=O)CCc1nc(-c2ccco2)no1. The molecule has 0 unspecified atom stereocenters. The van der Waals surface area contributed by atoms with Crippen molar-refractivity contribution in [3.63, 3.8) is 0 Å². The van der Waals surface area contributed by atoms with Crippen molar-refractivity contribution in [2.75, 3.05) is 13.1 Å². The molecule has 0 aliphatic carbocycles. The number of aryl methyl sites for hydroxylation is 1. The van der Waals surface area contributed by atoms with Gasteiger partial charge in [0.25, 0.3) is 0 Å². The van der Waals surface area contributed by atoms with Gasteiger partial charge in [0.1, 0.15) is 0 Å². The number of hydrogen-bond donors (Lipinski definition) is 1. The predicted molar refractivity (Wildman–Crippen MR) is 95.9 cm³/mol. The van der Waals surface area contributed by atoms with Crippen molar-refractivity contribution in [2.24, 2.45) is 5.73 Å². The van der Waals surface area contributed by atoms with Crippen molar-refractivity contribution in [2.45, 2.75) is 25.8 Å². The Balaban J connectivity index is 1.58. The Morgan fingerprint density at radius 3 is 2.73 bits per heavy atom. The Hall–Kier alpha value is -2.93. The first-order valence-electron chi connectivity index (χ1n) is 8.64. The number of rotatable bonds is 9. The summed E-state index contributed by atoms with van der Waals surface area (Å²) in [5, 5.41) is 3.88. The number of hydrogen-bond acceptors (Lipinski definition) is 6. The van der Waals surface area contributed by atoms with Gasteiger partial charge in [-0.15, -0.1) is 0 Å². The molecular formula is C19H22N4O3. The normalized spacial score (nSPS) is 10.8. The summed E-state index contributed by atoms with van der Waals surface area (Å²) in [6.45, 7) is 1.75. The monoisotopic (exact) mass is 354 g/mol. The van der Waals surface area contributed by atoms with Gasteiger partial charge in [0.05, 0.1) is 6.26 Å². The van der Waals surface area contributed by atoms with Gasteiger partial charge >= 0.3 is 0 Å². The number of amides is 1. The average Bonchev–Trinajstić information content (AvgIpc) is 3.35. The zero-order valence-electron chi connectivity index (χ0n) is 14.5. The first kappa shape index (κ1) is 17.9. The Morgan fingerprint density at radius 1 is 1.15 bits per heavy atom. The zero-order chi connectivity index (χ0) is 18.2. The van der Waals surface area contributed by atoms with Gasteiger partial charge in [0, 0.05) is 25.9 Å². The van der Waals surface area contributed by atoms with Crippen LogP contribution in [0, 0.1) is 0 Å². The molecule has 2 heterocycles. The van der Waals surface area contributed by atoms with Crippen molar-refractivity contribution >= 4 is 5.91 Å². The molecule has 0 spiro atoms. The zero-order valence-corrected chi connectivity index (χ0v) is 14.5. The minimum atomic E-state index is 0.0417. The third kappa shape index (κ3) is 4.80. The van der Waals surface area contributed by atoms with Gasteiger partial charge in [-0.2, -0.15) is 4.98 Å². The van der Waals surface area contributed by atoms with E-state index in [0.29, 0.717) is 50.0 Å². The third-order valence-corrected chi connectivity index (χ3v) is 3.96. The lowest BCUT2D eigenvalue weighted by atomic mass is 10.2. The number of carbonyl (C=O) groups is 1. The van der Waals surface area contributed by atoms with Crippen LogP contribution in [0.1, 0.15) is 24.3 Å². The summed E-state index contributed by atoms with van der Waals surface area (Å²) in [7, 11) is 0. The molecule has 0 saturated heterocycles. The lowest BCUT2D eigenvalue weighted by Crippen LogP contribution is -2.32. The minimum Gasteiger partial charge on any atom is -0.461 e. The Labute approximate surface area is 151 Å². The van der Waals surface area contributed by atoms with Crippen LogP contribution in [-0.4, -0.2) is 34.0 Å². The molecule has 0 atom stereocenters. The van der Waals surface area contributed by atoms with Crippen LogP contribution in [0.4, 0.5) is 0 Å². The van der Waals surface area contributed by atoms with Crippen LogP contribution in [0.5, 0.6) is 0 Å². The summed E-state index contributed by atoms with van der Waals surface area (Å²) in [6.07, 6.45) is 3.01. The molecule has 136 valence electrons. The molecule has 0 bridgehead atoms. The van der Waals surface area contributed by atoms with Gasteiger partial charge in [-0.25, -0.2) is 0 Å². The molecule has 0 aliphatic rings. The lowest BCUT2D eigenvalue weighted by Gasteiger charge is -2.22. The maximum Gasteiger partial charge on any atom is 0.238 e. The molecule has 0 fully saturated rings. The van der Waals surface area contributed by atoms with Gasteiger partial charge < -0.3 is 19.6 Å². The van der Waals surface area contributed by atoms with Crippen LogP contribution < -0.4 is 5.73 Å². The molecule has 0 radical (unpaired) electrons. The number of nitrogens with zero attached hydrogens (tertiary/aromatic N) is 3. The first-order chi connectivity index (χ1) is 12.8. The van der Waals surface area contributed by atoms with Crippen molar-refractivity contribution in [3.05, 3.63) is 60.2 Å². The second kappa shape index (κ2) is 8.96. The Morgan fingerprint density at radius 2 is 2.00 bits per heavy atom. The number of aromatic nitrogens is 2. The van der Waals surface area contributed by atoms with E-state index in [9.17, 15) is 4.79 Å². The number of furan rings is 1. The van der Waals surface area contributed by atoms with Gasteiger partial charge in [-0.3, -0.25) is 4.79 Å². The molecule has 1 aromatic carbocycles. The van der Waals surface area contributed by atoms with E-state index in [2.05, 4.69) is 10.1 Å². The van der Waals surface area contributed by atoms with E-state index in [1.165, 1.54) is 0 Å². The molecule has 7 heteroatoms. The van der Waals surface area contributed by atoms with Crippen molar-refractivity contribution in [1.29, 1.82) is 0 Å². The maximum absolute atomic E-state index is 12.6. The summed E-state index contributed by atoms with van der Waals surface area (Å²) < 4.78 is 10.4. The highest BCUT2D eigenvalue weighted by Crippen LogP contribution is 2.16. The second-order valence-electron chi connectivity index (χ2n) is 5.93. The summed E-state index contributed by atoms with van der Waals surface area (Å²) in [4.78, 5) is 18.7. The van der Waals surface area contributed by atoms with E-state index in [-0.39, 0.29) is 5.91 Å². The molecular weight excluding hydrogens is 332 g/mol. The predicted octanol–water partition coefficient (Wildman–Crippen LogP) is 2.64. The van der Waals surface area contributed by atoms with E-state index >= 15 is 0 Å². The topological polar surface area (TPSA) is 98.4 Å². The van der Waals surface area contributed by atoms with Crippen molar-refractivity contribution in [3.8, 4) is 11.6 Å². The fourth-order valence-corrected chi connectivity index (χ4v) is 2.61. The van der Waals surface area contributed by atoms with Crippen LogP contribution in [-0.2, 0) is 17.8 Å². The highest BCUT2D eigenvalue weighted by atomic mass is 16.5. The fraction of sp³-hybridized carbons (Fsp3) is 0.316. The highest BCUT2D eigenvalue weighted by molar-refractivity contribution is 5.76. The molecule has 3 rings (SSSR count). The molecule has 2 aromatic heterocycles. The molecule has 26 heavy (non-hydrogen) atoms.